The third kappa shape index (κ3) is 2.13. The summed E-state index contributed by atoms with van der Waals surface area (Å²) in [4.78, 5) is 20.4. The summed E-state index contributed by atoms with van der Waals surface area (Å²) in [5.74, 6) is 3.51. The first-order valence-corrected chi connectivity index (χ1v) is 5.58. The van der Waals surface area contributed by atoms with Gasteiger partial charge in [-0.3, -0.25) is 4.79 Å². The summed E-state index contributed by atoms with van der Waals surface area (Å²) in [6.07, 6.45) is 5.08. The maximum absolute atomic E-state index is 11.6. The molecule has 0 spiro atoms. The Labute approximate surface area is 88.8 Å². The largest absolute Gasteiger partial charge is 0.465 e. The van der Waals surface area contributed by atoms with Gasteiger partial charge in [0.25, 0.3) is 0 Å². The number of hydrogen-bond donors (Lipinski definition) is 2. The van der Waals surface area contributed by atoms with E-state index in [-0.39, 0.29) is 0 Å². The molecule has 0 unspecified atom stereocenters. The van der Waals surface area contributed by atoms with E-state index in [0.29, 0.717) is 17.6 Å². The maximum Gasteiger partial charge on any atom is 0.402 e. The van der Waals surface area contributed by atoms with Crippen LogP contribution in [0.3, 0.4) is 0 Å². The Bertz CT molecular complexity index is 254. The van der Waals surface area contributed by atoms with Gasteiger partial charge in [-0.1, -0.05) is 0 Å². The number of nitrogens with two attached hydrogens (primary N) is 1. The molecule has 0 radical (unpaired) electrons. The second kappa shape index (κ2) is 3.83. The molecule has 0 heterocycles. The Balaban J connectivity index is 0.000000188. The summed E-state index contributed by atoms with van der Waals surface area (Å²) in [6, 6.07) is 0. The van der Waals surface area contributed by atoms with Gasteiger partial charge < -0.3 is 10.8 Å². The number of rotatable bonds is 0. The SMILES string of the molecule is NC(=O)O.O=C1C2CC3CC(C2)CC1C3. The van der Waals surface area contributed by atoms with Crippen LogP contribution in [0.4, 0.5) is 4.79 Å². The van der Waals surface area contributed by atoms with E-state index in [2.05, 4.69) is 5.73 Å². The molecule has 4 aliphatic carbocycles. The highest BCUT2D eigenvalue weighted by Gasteiger charge is 2.47. The molecule has 4 aliphatic rings. The van der Waals surface area contributed by atoms with E-state index in [1.807, 2.05) is 0 Å². The minimum atomic E-state index is -1.33. The Morgan fingerprint density at radius 3 is 1.73 bits per heavy atom. The summed E-state index contributed by atoms with van der Waals surface area (Å²) in [5, 5.41) is 7.19. The Morgan fingerprint density at radius 1 is 1.07 bits per heavy atom. The molecule has 4 rings (SSSR count). The minimum Gasteiger partial charge on any atom is -0.465 e. The van der Waals surface area contributed by atoms with Gasteiger partial charge in [0, 0.05) is 11.8 Å². The highest BCUT2D eigenvalue weighted by Crippen LogP contribution is 2.51. The first kappa shape index (κ1) is 10.5. The molecular weight excluding hydrogens is 194 g/mol. The first-order chi connectivity index (χ1) is 7.06. The lowest BCUT2D eigenvalue weighted by Gasteiger charge is -2.48. The third-order valence-corrected chi connectivity index (χ3v) is 3.94. The molecule has 0 aromatic carbocycles. The highest BCUT2D eigenvalue weighted by atomic mass is 16.4. The number of carbonyl (C=O) groups excluding carboxylic acids is 1. The lowest BCUT2D eigenvalue weighted by atomic mass is 9.56. The van der Waals surface area contributed by atoms with Crippen molar-refractivity contribution in [2.45, 2.75) is 32.1 Å². The lowest BCUT2D eigenvalue weighted by molar-refractivity contribution is -0.139. The maximum atomic E-state index is 11.6. The summed E-state index contributed by atoms with van der Waals surface area (Å²) in [5.41, 5.74) is 4.03. The van der Waals surface area contributed by atoms with Gasteiger partial charge in [0.05, 0.1) is 0 Å². The molecule has 0 aromatic rings. The minimum absolute atomic E-state index is 0.506. The van der Waals surface area contributed by atoms with E-state index >= 15 is 0 Å². The van der Waals surface area contributed by atoms with Crippen molar-refractivity contribution in [2.24, 2.45) is 29.4 Å². The van der Waals surface area contributed by atoms with Crippen LogP contribution < -0.4 is 5.73 Å². The summed E-state index contributed by atoms with van der Waals surface area (Å²) in [6.45, 7) is 0. The smallest absolute Gasteiger partial charge is 0.402 e. The van der Waals surface area contributed by atoms with Gasteiger partial charge in [-0.15, -0.1) is 0 Å². The van der Waals surface area contributed by atoms with Crippen LogP contribution in [0.15, 0.2) is 0 Å². The molecule has 4 heteroatoms. The van der Waals surface area contributed by atoms with Crippen LogP contribution in [0.25, 0.3) is 0 Å². The number of amides is 1. The molecule has 15 heavy (non-hydrogen) atoms. The van der Waals surface area contributed by atoms with Gasteiger partial charge in [-0.25, -0.2) is 4.79 Å². The van der Waals surface area contributed by atoms with Crippen molar-refractivity contribution in [3.63, 3.8) is 0 Å². The van der Waals surface area contributed by atoms with Crippen molar-refractivity contribution in [2.75, 3.05) is 0 Å². The van der Waals surface area contributed by atoms with E-state index in [1.165, 1.54) is 32.1 Å². The quantitative estimate of drug-likeness (QED) is 0.639. The van der Waals surface area contributed by atoms with Crippen LogP contribution >= 0.6 is 0 Å². The molecule has 0 aromatic heterocycles. The molecule has 0 atom stereocenters. The average Bonchev–Trinajstić information content (AvgIpc) is 2.11. The first-order valence-electron chi connectivity index (χ1n) is 5.58. The van der Waals surface area contributed by atoms with Crippen LogP contribution in [0, 0.1) is 23.7 Å². The number of primary amides is 1. The van der Waals surface area contributed by atoms with E-state index in [4.69, 9.17) is 9.90 Å². The van der Waals surface area contributed by atoms with Gasteiger partial charge in [0.15, 0.2) is 0 Å². The van der Waals surface area contributed by atoms with E-state index in [1.54, 1.807) is 0 Å². The number of hydrogen-bond acceptors (Lipinski definition) is 2. The second-order valence-corrected chi connectivity index (χ2v) is 5.05. The molecule has 4 fully saturated rings. The molecule has 84 valence electrons. The Hall–Kier alpha value is -1.06. The number of carboxylic acid groups (broad SMARTS) is 1. The molecule has 0 saturated heterocycles. The molecule has 1 amide bonds. The fraction of sp³-hybridized carbons (Fsp3) is 0.818. The Kier molecular flexibility index (Phi) is 2.67. The van der Waals surface area contributed by atoms with Crippen molar-refractivity contribution < 1.29 is 14.7 Å². The predicted molar refractivity (Wildman–Crippen MR) is 54.3 cm³/mol. The molecule has 4 bridgehead atoms. The average molecular weight is 211 g/mol. The van der Waals surface area contributed by atoms with Gasteiger partial charge >= 0.3 is 6.09 Å². The van der Waals surface area contributed by atoms with Gasteiger partial charge in [-0.05, 0) is 43.9 Å². The van der Waals surface area contributed by atoms with E-state index < -0.39 is 6.09 Å². The van der Waals surface area contributed by atoms with Gasteiger partial charge in [0.2, 0.25) is 0 Å². The van der Waals surface area contributed by atoms with Crippen molar-refractivity contribution in [1.29, 1.82) is 0 Å². The molecular formula is C11H17NO3. The molecule has 4 saturated carbocycles. The van der Waals surface area contributed by atoms with Crippen LogP contribution in [-0.2, 0) is 4.79 Å². The molecule has 3 N–H and O–H groups in total. The van der Waals surface area contributed by atoms with Crippen molar-refractivity contribution >= 4 is 11.9 Å². The number of carbonyl (C=O) groups is 2. The highest BCUT2D eigenvalue weighted by molar-refractivity contribution is 5.85. The van der Waals surface area contributed by atoms with Crippen LogP contribution in [0.1, 0.15) is 32.1 Å². The fourth-order valence-electron chi connectivity index (χ4n) is 3.65. The molecule has 0 aliphatic heterocycles. The summed E-state index contributed by atoms with van der Waals surface area (Å²) in [7, 11) is 0. The zero-order valence-corrected chi connectivity index (χ0v) is 8.69. The Morgan fingerprint density at radius 2 is 1.40 bits per heavy atom. The predicted octanol–water partition coefficient (Wildman–Crippen LogP) is 1.63. The summed E-state index contributed by atoms with van der Waals surface area (Å²) < 4.78 is 0. The molecule has 4 nitrogen and oxygen atoms in total. The van der Waals surface area contributed by atoms with Gasteiger partial charge in [-0.2, -0.15) is 0 Å². The van der Waals surface area contributed by atoms with Crippen LogP contribution in [0.5, 0.6) is 0 Å². The van der Waals surface area contributed by atoms with Crippen LogP contribution in [-0.4, -0.2) is 17.0 Å². The topological polar surface area (TPSA) is 80.4 Å². The lowest BCUT2D eigenvalue weighted by Crippen LogP contribution is -2.45. The van der Waals surface area contributed by atoms with Gasteiger partial charge in [0.1, 0.15) is 5.78 Å². The summed E-state index contributed by atoms with van der Waals surface area (Å²) >= 11 is 0. The van der Waals surface area contributed by atoms with Crippen LogP contribution in [0.2, 0.25) is 0 Å². The van der Waals surface area contributed by atoms with Crippen molar-refractivity contribution in [3.05, 3.63) is 0 Å². The number of Topliss-reactive ketones (excluding diaryl/α,β-unsaturated/α-hetero) is 1. The second-order valence-electron chi connectivity index (χ2n) is 5.05. The fourth-order valence-corrected chi connectivity index (χ4v) is 3.65. The van der Waals surface area contributed by atoms with Crippen molar-refractivity contribution in [3.8, 4) is 0 Å². The third-order valence-electron chi connectivity index (χ3n) is 3.94. The number of ketones is 1. The standard InChI is InChI=1S/C10H14O.CH3NO2/c11-10-8-2-6-1-7(4-8)5-9(10)3-6;2-1(3)4/h6-9H,1-5H2;2H2,(H,3,4). The normalized spacial score (nSPS) is 40.9. The van der Waals surface area contributed by atoms with E-state index in [0.717, 1.165) is 11.8 Å². The van der Waals surface area contributed by atoms with Crippen molar-refractivity contribution in [1.82, 2.24) is 0 Å². The zero-order chi connectivity index (χ0) is 11.0. The van der Waals surface area contributed by atoms with E-state index in [9.17, 15) is 4.79 Å². The zero-order valence-electron chi connectivity index (χ0n) is 8.69. The monoisotopic (exact) mass is 211 g/mol.